The SMILES string of the molecule is CCNC(c1c(Br)cnn1CC)C1CSCCO1. The van der Waals surface area contributed by atoms with Gasteiger partial charge in [-0.25, -0.2) is 0 Å². The summed E-state index contributed by atoms with van der Waals surface area (Å²) in [6.07, 6.45) is 2.10. The molecule has 0 amide bonds. The molecule has 18 heavy (non-hydrogen) atoms. The predicted molar refractivity (Wildman–Crippen MR) is 79.1 cm³/mol. The molecule has 1 aromatic heterocycles. The van der Waals surface area contributed by atoms with Crippen molar-refractivity contribution in [2.75, 3.05) is 24.7 Å². The molecule has 4 nitrogen and oxygen atoms in total. The highest BCUT2D eigenvalue weighted by molar-refractivity contribution is 9.10. The van der Waals surface area contributed by atoms with Gasteiger partial charge in [0.15, 0.2) is 0 Å². The zero-order valence-electron chi connectivity index (χ0n) is 10.9. The van der Waals surface area contributed by atoms with Crippen molar-refractivity contribution >= 4 is 27.7 Å². The second kappa shape index (κ2) is 6.93. The number of halogens is 1. The molecule has 102 valence electrons. The van der Waals surface area contributed by atoms with E-state index in [1.807, 2.05) is 22.6 Å². The van der Waals surface area contributed by atoms with Crippen molar-refractivity contribution in [3.05, 3.63) is 16.4 Å². The van der Waals surface area contributed by atoms with E-state index < -0.39 is 0 Å². The van der Waals surface area contributed by atoms with Crippen LogP contribution in [0.25, 0.3) is 0 Å². The lowest BCUT2D eigenvalue weighted by Crippen LogP contribution is -2.39. The van der Waals surface area contributed by atoms with Gasteiger partial charge in [0, 0.05) is 18.1 Å². The maximum Gasteiger partial charge on any atom is 0.0875 e. The van der Waals surface area contributed by atoms with E-state index in [0.717, 1.165) is 35.7 Å². The molecule has 1 aliphatic heterocycles. The average molecular weight is 334 g/mol. The van der Waals surface area contributed by atoms with Gasteiger partial charge in [0.05, 0.1) is 35.1 Å². The fourth-order valence-corrected chi connectivity index (χ4v) is 3.70. The first-order valence-electron chi connectivity index (χ1n) is 6.41. The molecule has 2 rings (SSSR count). The summed E-state index contributed by atoms with van der Waals surface area (Å²) in [5.74, 6) is 2.14. The number of nitrogens with one attached hydrogen (secondary N) is 1. The molecule has 6 heteroatoms. The minimum atomic E-state index is 0.208. The van der Waals surface area contributed by atoms with E-state index in [1.54, 1.807) is 0 Å². The first kappa shape index (κ1) is 14.4. The zero-order chi connectivity index (χ0) is 13.0. The molecule has 2 atom stereocenters. The standard InChI is InChI=1S/C12H20BrN3OS/c1-3-14-11(10-8-18-6-5-17-10)12-9(13)7-15-16(12)4-2/h7,10-11,14H,3-6,8H2,1-2H3. The first-order valence-corrected chi connectivity index (χ1v) is 8.36. The van der Waals surface area contributed by atoms with Crippen LogP contribution < -0.4 is 5.32 Å². The van der Waals surface area contributed by atoms with Crippen LogP contribution in [0.5, 0.6) is 0 Å². The predicted octanol–water partition coefficient (Wildman–Crippen LogP) is 2.45. The van der Waals surface area contributed by atoms with Crippen LogP contribution in [0.4, 0.5) is 0 Å². The second-order valence-corrected chi connectivity index (χ2v) is 6.22. The summed E-state index contributed by atoms with van der Waals surface area (Å²) in [7, 11) is 0. The lowest BCUT2D eigenvalue weighted by Gasteiger charge is -2.31. The molecule has 0 saturated carbocycles. The summed E-state index contributed by atoms with van der Waals surface area (Å²) >= 11 is 5.57. The fourth-order valence-electron chi connectivity index (χ4n) is 2.26. The molecular weight excluding hydrogens is 314 g/mol. The van der Waals surface area contributed by atoms with E-state index in [2.05, 4.69) is 40.2 Å². The molecule has 0 bridgehead atoms. The van der Waals surface area contributed by atoms with Gasteiger partial charge in [-0.05, 0) is 29.4 Å². The van der Waals surface area contributed by atoms with Crippen LogP contribution in [-0.4, -0.2) is 40.5 Å². The van der Waals surface area contributed by atoms with Gasteiger partial charge in [0.25, 0.3) is 0 Å². The monoisotopic (exact) mass is 333 g/mol. The lowest BCUT2D eigenvalue weighted by atomic mass is 10.1. The molecule has 1 saturated heterocycles. The molecule has 2 unspecified atom stereocenters. The Labute approximate surface area is 121 Å². The molecular formula is C12H20BrN3OS. The number of aryl methyl sites for hydroxylation is 1. The van der Waals surface area contributed by atoms with Crippen LogP contribution in [0.1, 0.15) is 25.6 Å². The van der Waals surface area contributed by atoms with Gasteiger partial charge in [-0.15, -0.1) is 0 Å². The van der Waals surface area contributed by atoms with Gasteiger partial charge >= 0.3 is 0 Å². The van der Waals surface area contributed by atoms with E-state index in [4.69, 9.17) is 4.74 Å². The van der Waals surface area contributed by atoms with E-state index in [9.17, 15) is 0 Å². The highest BCUT2D eigenvalue weighted by atomic mass is 79.9. The van der Waals surface area contributed by atoms with Gasteiger partial charge in [0.2, 0.25) is 0 Å². The Bertz CT molecular complexity index is 379. The maximum atomic E-state index is 5.93. The zero-order valence-corrected chi connectivity index (χ0v) is 13.3. The smallest absolute Gasteiger partial charge is 0.0875 e. The Morgan fingerprint density at radius 3 is 3.11 bits per heavy atom. The topological polar surface area (TPSA) is 39.1 Å². The Morgan fingerprint density at radius 2 is 2.50 bits per heavy atom. The number of hydrogen-bond donors (Lipinski definition) is 1. The van der Waals surface area contributed by atoms with E-state index in [0.29, 0.717) is 0 Å². The molecule has 1 aliphatic rings. The average Bonchev–Trinajstić information content (AvgIpc) is 2.78. The van der Waals surface area contributed by atoms with E-state index >= 15 is 0 Å². The summed E-state index contributed by atoms with van der Waals surface area (Å²) in [6.45, 7) is 6.89. The highest BCUT2D eigenvalue weighted by Gasteiger charge is 2.29. The molecule has 1 fully saturated rings. The molecule has 0 aromatic carbocycles. The Balaban J connectivity index is 2.24. The molecule has 1 N–H and O–H groups in total. The Hall–Kier alpha value is -0.0400. The quantitative estimate of drug-likeness (QED) is 0.898. The third-order valence-electron chi connectivity index (χ3n) is 3.06. The number of hydrogen-bond acceptors (Lipinski definition) is 4. The Kier molecular flexibility index (Phi) is 5.54. The van der Waals surface area contributed by atoms with Gasteiger partial charge < -0.3 is 10.1 Å². The molecule has 1 aromatic rings. The fraction of sp³-hybridized carbons (Fsp3) is 0.750. The summed E-state index contributed by atoms with van der Waals surface area (Å²) in [6, 6.07) is 0.208. The van der Waals surface area contributed by atoms with E-state index in [1.165, 1.54) is 5.69 Å². The van der Waals surface area contributed by atoms with E-state index in [-0.39, 0.29) is 12.1 Å². The second-order valence-electron chi connectivity index (χ2n) is 4.21. The van der Waals surface area contributed by atoms with Crippen LogP contribution in [0, 0.1) is 0 Å². The first-order chi connectivity index (χ1) is 8.77. The van der Waals surface area contributed by atoms with Gasteiger partial charge in [-0.1, -0.05) is 6.92 Å². The number of ether oxygens (including phenoxy) is 1. The van der Waals surface area contributed by atoms with Crippen molar-refractivity contribution in [1.82, 2.24) is 15.1 Å². The summed E-state index contributed by atoms with van der Waals surface area (Å²) in [4.78, 5) is 0. The third kappa shape index (κ3) is 3.10. The van der Waals surface area contributed by atoms with Crippen molar-refractivity contribution < 1.29 is 4.74 Å². The number of thioether (sulfide) groups is 1. The maximum absolute atomic E-state index is 5.93. The Morgan fingerprint density at radius 1 is 1.67 bits per heavy atom. The van der Waals surface area contributed by atoms with Crippen LogP contribution in [0.2, 0.25) is 0 Å². The van der Waals surface area contributed by atoms with Crippen molar-refractivity contribution in [3.63, 3.8) is 0 Å². The van der Waals surface area contributed by atoms with Crippen molar-refractivity contribution in [3.8, 4) is 0 Å². The molecule has 0 spiro atoms. The third-order valence-corrected chi connectivity index (χ3v) is 4.70. The van der Waals surface area contributed by atoms with Gasteiger partial charge in [-0.2, -0.15) is 16.9 Å². The van der Waals surface area contributed by atoms with Crippen molar-refractivity contribution in [2.24, 2.45) is 0 Å². The number of aromatic nitrogens is 2. The van der Waals surface area contributed by atoms with Gasteiger partial charge in [-0.3, -0.25) is 4.68 Å². The molecule has 2 heterocycles. The van der Waals surface area contributed by atoms with Crippen LogP contribution in [0.3, 0.4) is 0 Å². The van der Waals surface area contributed by atoms with Crippen LogP contribution in [-0.2, 0) is 11.3 Å². The van der Waals surface area contributed by atoms with Crippen LogP contribution in [0.15, 0.2) is 10.7 Å². The minimum Gasteiger partial charge on any atom is -0.374 e. The van der Waals surface area contributed by atoms with Crippen molar-refractivity contribution in [2.45, 2.75) is 32.5 Å². The van der Waals surface area contributed by atoms with Crippen molar-refractivity contribution in [1.29, 1.82) is 0 Å². The number of nitrogens with zero attached hydrogens (tertiary/aromatic N) is 2. The highest BCUT2D eigenvalue weighted by Crippen LogP contribution is 2.30. The summed E-state index contributed by atoms with van der Waals surface area (Å²) in [5, 5.41) is 7.94. The lowest BCUT2D eigenvalue weighted by molar-refractivity contribution is 0.0447. The largest absolute Gasteiger partial charge is 0.374 e. The number of likely N-dealkylation sites (N-methyl/N-ethyl adjacent to an activating group) is 1. The van der Waals surface area contributed by atoms with Crippen LogP contribution >= 0.6 is 27.7 Å². The molecule has 0 aliphatic carbocycles. The normalized spacial score (nSPS) is 22.1. The number of rotatable bonds is 5. The van der Waals surface area contributed by atoms with Gasteiger partial charge in [0.1, 0.15) is 0 Å². The molecule has 0 radical (unpaired) electrons. The summed E-state index contributed by atoms with van der Waals surface area (Å²) < 4.78 is 9.03. The summed E-state index contributed by atoms with van der Waals surface area (Å²) in [5.41, 5.74) is 1.20. The minimum absolute atomic E-state index is 0.208.